The van der Waals surface area contributed by atoms with Crippen molar-refractivity contribution < 1.29 is 4.84 Å². The Kier molecular flexibility index (Phi) is 6.12. The van der Waals surface area contributed by atoms with Crippen LogP contribution in [0.25, 0.3) is 0 Å². The fraction of sp³-hybridized carbons (Fsp3) is 0.208. The van der Waals surface area contributed by atoms with Gasteiger partial charge in [0.05, 0.1) is 11.4 Å². The largest absolute Gasteiger partial charge is 0.367 e. The van der Waals surface area contributed by atoms with Crippen molar-refractivity contribution in [2.75, 3.05) is 5.06 Å². The van der Waals surface area contributed by atoms with Gasteiger partial charge in [0.1, 0.15) is 6.61 Å². The summed E-state index contributed by atoms with van der Waals surface area (Å²) in [6, 6.07) is 27.8. The summed E-state index contributed by atoms with van der Waals surface area (Å²) in [6.07, 6.45) is 0. The third-order valence-corrected chi connectivity index (χ3v) is 4.38. The number of anilines is 1. The number of benzene rings is 3. The molecule has 0 unspecified atom stereocenters. The van der Waals surface area contributed by atoms with Gasteiger partial charge in [-0.1, -0.05) is 81.4 Å². The van der Waals surface area contributed by atoms with Gasteiger partial charge >= 0.3 is 0 Å². The molecule has 0 aliphatic heterocycles. The van der Waals surface area contributed by atoms with Crippen molar-refractivity contribution in [3.63, 3.8) is 0 Å². The standard InChI is InChI=1S/C24H27N3O/c1-24(2,3)20-14-16-21(17-15-20)26-23(25)27(22-12-8-5-9-13-22)28-18-19-10-6-4-7-11-19/h4-17H,18H2,1-3H3,(H2,25,26). The van der Waals surface area contributed by atoms with Gasteiger partial charge in [0.2, 0.25) is 5.96 Å². The molecule has 0 aliphatic rings. The van der Waals surface area contributed by atoms with Gasteiger partial charge < -0.3 is 5.73 Å². The van der Waals surface area contributed by atoms with Crippen LogP contribution in [0, 0.1) is 0 Å². The predicted molar refractivity (Wildman–Crippen MR) is 117 cm³/mol. The van der Waals surface area contributed by atoms with Crippen molar-refractivity contribution in [3.05, 3.63) is 96.1 Å². The first kappa shape index (κ1) is 19.6. The number of guanidine groups is 1. The van der Waals surface area contributed by atoms with Gasteiger partial charge in [-0.25, -0.2) is 4.99 Å². The smallest absolute Gasteiger partial charge is 0.225 e. The second kappa shape index (κ2) is 8.72. The van der Waals surface area contributed by atoms with E-state index in [9.17, 15) is 0 Å². The third-order valence-electron chi connectivity index (χ3n) is 4.38. The lowest BCUT2D eigenvalue weighted by molar-refractivity contribution is 0.128. The van der Waals surface area contributed by atoms with E-state index < -0.39 is 0 Å². The van der Waals surface area contributed by atoms with E-state index in [2.05, 4.69) is 37.9 Å². The van der Waals surface area contributed by atoms with Crippen LogP contribution >= 0.6 is 0 Å². The summed E-state index contributed by atoms with van der Waals surface area (Å²) in [5, 5.41) is 1.57. The number of nitrogens with zero attached hydrogens (tertiary/aromatic N) is 2. The van der Waals surface area contributed by atoms with Crippen molar-refractivity contribution in [2.24, 2.45) is 10.7 Å². The number of hydroxylamine groups is 1. The molecule has 0 amide bonds. The quantitative estimate of drug-likeness (QED) is 0.361. The molecule has 2 N–H and O–H groups in total. The molecule has 0 aliphatic carbocycles. The molecule has 0 saturated heterocycles. The Balaban J connectivity index is 1.83. The lowest BCUT2D eigenvalue weighted by atomic mass is 9.87. The Bertz CT molecular complexity index is 898. The average Bonchev–Trinajstić information content (AvgIpc) is 2.69. The summed E-state index contributed by atoms with van der Waals surface area (Å²) in [5.74, 6) is 0.283. The molecule has 0 saturated carbocycles. The summed E-state index contributed by atoms with van der Waals surface area (Å²) >= 11 is 0. The minimum absolute atomic E-state index is 0.0999. The SMILES string of the molecule is CC(C)(C)c1ccc(N=C(N)N(OCc2ccccc2)c2ccccc2)cc1. The number of para-hydroxylation sites is 1. The highest BCUT2D eigenvalue weighted by atomic mass is 16.7. The van der Waals surface area contributed by atoms with Crippen molar-refractivity contribution in [1.82, 2.24) is 0 Å². The van der Waals surface area contributed by atoms with E-state index in [-0.39, 0.29) is 11.4 Å². The van der Waals surface area contributed by atoms with Gasteiger partial charge in [-0.15, -0.1) is 0 Å². The number of hydrogen-bond acceptors (Lipinski definition) is 2. The fourth-order valence-electron chi connectivity index (χ4n) is 2.76. The first-order valence-corrected chi connectivity index (χ1v) is 9.40. The normalized spacial score (nSPS) is 12.0. The van der Waals surface area contributed by atoms with E-state index in [1.54, 1.807) is 5.06 Å². The molecular formula is C24H27N3O. The maximum absolute atomic E-state index is 6.32. The zero-order valence-corrected chi connectivity index (χ0v) is 16.7. The predicted octanol–water partition coefficient (Wildman–Crippen LogP) is 5.57. The average molecular weight is 374 g/mol. The van der Waals surface area contributed by atoms with Crippen LogP contribution in [0.2, 0.25) is 0 Å². The van der Waals surface area contributed by atoms with Crippen LogP contribution < -0.4 is 10.8 Å². The highest BCUT2D eigenvalue weighted by molar-refractivity contribution is 5.94. The van der Waals surface area contributed by atoms with Crippen LogP contribution in [-0.4, -0.2) is 5.96 Å². The zero-order chi connectivity index (χ0) is 20.0. The van der Waals surface area contributed by atoms with Crippen molar-refractivity contribution in [2.45, 2.75) is 32.8 Å². The monoisotopic (exact) mass is 373 g/mol. The highest BCUT2D eigenvalue weighted by Crippen LogP contribution is 2.25. The van der Waals surface area contributed by atoms with E-state index in [1.807, 2.05) is 72.8 Å². The molecule has 0 fully saturated rings. The van der Waals surface area contributed by atoms with Crippen LogP contribution in [-0.2, 0) is 16.9 Å². The molecule has 144 valence electrons. The van der Waals surface area contributed by atoms with Gasteiger partial charge in [-0.05, 0) is 40.8 Å². The van der Waals surface area contributed by atoms with Gasteiger partial charge in [0.15, 0.2) is 0 Å². The summed E-state index contributed by atoms with van der Waals surface area (Å²) in [7, 11) is 0. The molecule has 4 heteroatoms. The summed E-state index contributed by atoms with van der Waals surface area (Å²) in [4.78, 5) is 10.6. The molecule has 3 rings (SSSR count). The van der Waals surface area contributed by atoms with Gasteiger partial charge in [-0.3, -0.25) is 4.84 Å². The molecule has 0 heterocycles. The first-order valence-electron chi connectivity index (χ1n) is 9.40. The van der Waals surface area contributed by atoms with E-state index in [4.69, 9.17) is 10.6 Å². The summed E-state index contributed by atoms with van der Waals surface area (Å²) in [6.45, 7) is 6.96. The maximum atomic E-state index is 6.32. The van der Waals surface area contributed by atoms with Crippen LogP contribution in [0.4, 0.5) is 11.4 Å². The van der Waals surface area contributed by atoms with Crippen molar-refractivity contribution >= 4 is 17.3 Å². The Morgan fingerprint density at radius 3 is 2.00 bits per heavy atom. The zero-order valence-electron chi connectivity index (χ0n) is 16.7. The molecule has 3 aromatic carbocycles. The lowest BCUT2D eigenvalue weighted by Crippen LogP contribution is -2.37. The molecular weight excluding hydrogens is 346 g/mol. The van der Waals surface area contributed by atoms with Crippen LogP contribution in [0.1, 0.15) is 31.9 Å². The van der Waals surface area contributed by atoms with Crippen molar-refractivity contribution in [1.29, 1.82) is 0 Å². The minimum Gasteiger partial charge on any atom is -0.367 e. The van der Waals surface area contributed by atoms with Crippen molar-refractivity contribution in [3.8, 4) is 0 Å². The Morgan fingerprint density at radius 2 is 1.43 bits per heavy atom. The Hall–Kier alpha value is -3.11. The second-order valence-corrected chi connectivity index (χ2v) is 7.66. The third kappa shape index (κ3) is 5.21. The van der Waals surface area contributed by atoms with Crippen LogP contribution in [0.15, 0.2) is 89.9 Å². The first-order chi connectivity index (χ1) is 13.4. The van der Waals surface area contributed by atoms with E-state index in [0.29, 0.717) is 6.61 Å². The summed E-state index contributed by atoms with van der Waals surface area (Å²) < 4.78 is 0. The Labute approximate surface area is 167 Å². The molecule has 0 aromatic heterocycles. The van der Waals surface area contributed by atoms with Gasteiger partial charge in [0, 0.05) is 0 Å². The van der Waals surface area contributed by atoms with E-state index >= 15 is 0 Å². The molecule has 0 radical (unpaired) electrons. The van der Waals surface area contributed by atoms with Crippen LogP contribution in [0.3, 0.4) is 0 Å². The molecule has 3 aromatic rings. The minimum atomic E-state index is 0.0999. The number of rotatable bonds is 5. The second-order valence-electron chi connectivity index (χ2n) is 7.66. The van der Waals surface area contributed by atoms with Gasteiger partial charge in [0.25, 0.3) is 0 Å². The topological polar surface area (TPSA) is 50.8 Å². The molecule has 0 spiro atoms. The molecule has 28 heavy (non-hydrogen) atoms. The highest BCUT2D eigenvalue weighted by Gasteiger charge is 2.14. The Morgan fingerprint density at radius 1 is 0.857 bits per heavy atom. The maximum Gasteiger partial charge on any atom is 0.225 e. The fourth-order valence-corrected chi connectivity index (χ4v) is 2.76. The lowest BCUT2D eigenvalue weighted by Gasteiger charge is -2.23. The van der Waals surface area contributed by atoms with E-state index in [1.165, 1.54) is 5.56 Å². The van der Waals surface area contributed by atoms with Crippen LogP contribution in [0.5, 0.6) is 0 Å². The number of hydrogen-bond donors (Lipinski definition) is 1. The summed E-state index contributed by atoms with van der Waals surface area (Å²) in [5.41, 5.74) is 10.3. The van der Waals surface area contributed by atoms with Gasteiger partial charge in [-0.2, -0.15) is 5.06 Å². The molecule has 0 atom stereocenters. The molecule has 4 nitrogen and oxygen atoms in total. The number of aliphatic imine (C=N–C) groups is 1. The molecule has 0 bridgehead atoms. The number of nitrogens with two attached hydrogens (primary N) is 1. The van der Waals surface area contributed by atoms with E-state index in [0.717, 1.165) is 16.9 Å².